The zero-order valence-corrected chi connectivity index (χ0v) is 13.1. The van der Waals surface area contributed by atoms with Gasteiger partial charge in [-0.1, -0.05) is 6.07 Å². The first-order chi connectivity index (χ1) is 11.2. The van der Waals surface area contributed by atoms with E-state index in [4.69, 9.17) is 9.15 Å². The van der Waals surface area contributed by atoms with Crippen LogP contribution < -0.4 is 0 Å². The van der Waals surface area contributed by atoms with E-state index in [1.54, 1.807) is 25.1 Å². The van der Waals surface area contributed by atoms with Crippen LogP contribution in [0.2, 0.25) is 0 Å². The second-order valence-electron chi connectivity index (χ2n) is 4.63. The monoisotopic (exact) mass is 327 g/mol. The topological polar surface area (TPSA) is 69.4 Å². The number of ketones is 1. The Morgan fingerprint density at radius 1 is 1.30 bits per heavy atom. The summed E-state index contributed by atoms with van der Waals surface area (Å²) in [5.41, 5.74) is 1.63. The number of rotatable bonds is 5. The van der Waals surface area contributed by atoms with Crippen LogP contribution in [0.3, 0.4) is 0 Å². The molecular weight excluding hydrogens is 314 g/mol. The summed E-state index contributed by atoms with van der Waals surface area (Å²) in [7, 11) is 0. The van der Waals surface area contributed by atoms with Gasteiger partial charge in [-0.25, -0.2) is 9.78 Å². The molecule has 0 atom stereocenters. The summed E-state index contributed by atoms with van der Waals surface area (Å²) >= 11 is 1.53. The van der Waals surface area contributed by atoms with Gasteiger partial charge >= 0.3 is 5.97 Å². The molecule has 23 heavy (non-hydrogen) atoms. The van der Waals surface area contributed by atoms with Crippen molar-refractivity contribution in [3.63, 3.8) is 0 Å². The van der Waals surface area contributed by atoms with E-state index in [0.717, 1.165) is 11.0 Å². The summed E-state index contributed by atoms with van der Waals surface area (Å²) < 4.78 is 10.4. The molecule has 5 nitrogen and oxygen atoms in total. The number of hydrogen-bond donors (Lipinski definition) is 0. The number of carbonyl (C=O) groups is 2. The third-order valence-electron chi connectivity index (χ3n) is 3.06. The third-order valence-corrected chi connectivity index (χ3v) is 3.92. The summed E-state index contributed by atoms with van der Waals surface area (Å²) in [6.45, 7) is 1.98. The summed E-state index contributed by atoms with van der Waals surface area (Å²) in [5.74, 6) is -0.308. The Hall–Kier alpha value is -2.73. The molecule has 0 radical (unpaired) electrons. The van der Waals surface area contributed by atoms with Gasteiger partial charge in [-0.3, -0.25) is 4.79 Å². The number of aromatic nitrogens is 1. The SMILES string of the molecule is CCOC(=O)C=CC(=O)c1ccc2nc(-c3cccs3)oc2c1. The first-order valence-corrected chi connectivity index (χ1v) is 7.89. The predicted octanol–water partition coefficient (Wildman–Crippen LogP) is 3.86. The Labute approximate surface area is 136 Å². The van der Waals surface area contributed by atoms with Gasteiger partial charge in [-0.2, -0.15) is 0 Å². The van der Waals surface area contributed by atoms with Gasteiger partial charge in [0, 0.05) is 11.6 Å². The molecule has 3 rings (SSSR count). The highest BCUT2D eigenvalue weighted by Gasteiger charge is 2.11. The summed E-state index contributed by atoms with van der Waals surface area (Å²) in [6, 6.07) is 8.84. The van der Waals surface area contributed by atoms with E-state index in [-0.39, 0.29) is 12.4 Å². The van der Waals surface area contributed by atoms with Gasteiger partial charge in [0.05, 0.1) is 11.5 Å². The summed E-state index contributed by atoms with van der Waals surface area (Å²) in [5, 5.41) is 1.94. The maximum Gasteiger partial charge on any atom is 0.330 e. The van der Waals surface area contributed by atoms with Crippen LogP contribution in [0.1, 0.15) is 17.3 Å². The number of hydrogen-bond acceptors (Lipinski definition) is 6. The fraction of sp³-hybridized carbons (Fsp3) is 0.118. The molecule has 0 aliphatic carbocycles. The molecule has 0 aliphatic heterocycles. The average molecular weight is 327 g/mol. The Morgan fingerprint density at radius 3 is 2.91 bits per heavy atom. The molecule has 0 bridgehead atoms. The lowest BCUT2D eigenvalue weighted by molar-refractivity contribution is -0.137. The molecule has 0 saturated heterocycles. The van der Waals surface area contributed by atoms with Gasteiger partial charge in [0.15, 0.2) is 11.4 Å². The number of thiophene rings is 1. The van der Waals surface area contributed by atoms with Gasteiger partial charge in [-0.15, -0.1) is 11.3 Å². The molecule has 0 amide bonds. The first kappa shape index (κ1) is 15.2. The second-order valence-corrected chi connectivity index (χ2v) is 5.58. The molecule has 2 heterocycles. The van der Waals surface area contributed by atoms with Crippen LogP contribution in [-0.2, 0) is 9.53 Å². The number of benzene rings is 1. The number of nitrogens with zero attached hydrogens (tertiary/aromatic N) is 1. The molecule has 0 aliphatic rings. The molecule has 0 N–H and O–H groups in total. The number of fused-ring (bicyclic) bond motifs is 1. The van der Waals surface area contributed by atoms with Crippen molar-refractivity contribution in [2.45, 2.75) is 6.92 Å². The highest BCUT2D eigenvalue weighted by molar-refractivity contribution is 7.13. The normalized spacial score (nSPS) is 11.2. The van der Waals surface area contributed by atoms with Gasteiger partial charge in [-0.05, 0) is 42.6 Å². The van der Waals surface area contributed by atoms with Gasteiger partial charge < -0.3 is 9.15 Å². The molecular formula is C17H13NO4S. The Balaban J connectivity index is 1.85. The standard InChI is InChI=1S/C17H13NO4S/c1-2-21-16(20)8-7-13(19)11-5-6-12-14(10-11)22-17(18-12)15-4-3-9-23-15/h3-10H,2H2,1H3. The minimum absolute atomic E-state index is 0.271. The fourth-order valence-corrected chi connectivity index (χ4v) is 2.66. The number of ether oxygens (including phenoxy) is 1. The predicted molar refractivity (Wildman–Crippen MR) is 87.4 cm³/mol. The maximum atomic E-state index is 12.1. The van der Waals surface area contributed by atoms with E-state index >= 15 is 0 Å². The molecule has 0 saturated carbocycles. The Morgan fingerprint density at radius 2 is 2.17 bits per heavy atom. The maximum absolute atomic E-state index is 12.1. The molecule has 0 unspecified atom stereocenters. The van der Waals surface area contributed by atoms with Gasteiger partial charge in [0.2, 0.25) is 5.89 Å². The largest absolute Gasteiger partial charge is 0.463 e. The third kappa shape index (κ3) is 3.37. The van der Waals surface area contributed by atoms with Gasteiger partial charge in [0.1, 0.15) is 5.52 Å². The molecule has 0 spiro atoms. The molecule has 2 aromatic heterocycles. The smallest absolute Gasteiger partial charge is 0.330 e. The number of allylic oxidation sites excluding steroid dienone is 1. The average Bonchev–Trinajstić information content (AvgIpc) is 3.20. The van der Waals surface area contributed by atoms with Crippen LogP contribution in [0, 0.1) is 0 Å². The van der Waals surface area contributed by atoms with Crippen LogP contribution in [0.25, 0.3) is 21.9 Å². The molecule has 1 aromatic carbocycles. The molecule has 0 fully saturated rings. The van der Waals surface area contributed by atoms with E-state index in [9.17, 15) is 9.59 Å². The van der Waals surface area contributed by atoms with Crippen LogP contribution in [-0.4, -0.2) is 23.3 Å². The number of carbonyl (C=O) groups excluding carboxylic acids is 2. The van der Waals surface area contributed by atoms with Crippen molar-refractivity contribution in [3.8, 4) is 10.8 Å². The molecule has 3 aromatic rings. The Bertz CT molecular complexity index is 877. The van der Waals surface area contributed by atoms with Crippen molar-refractivity contribution < 1.29 is 18.7 Å². The van der Waals surface area contributed by atoms with Crippen molar-refractivity contribution in [2.24, 2.45) is 0 Å². The lowest BCUT2D eigenvalue weighted by Crippen LogP contribution is -2.01. The zero-order chi connectivity index (χ0) is 16.2. The van der Waals surface area contributed by atoms with E-state index in [1.165, 1.54) is 17.4 Å². The summed E-state index contributed by atoms with van der Waals surface area (Å²) in [4.78, 5) is 28.6. The minimum atomic E-state index is -0.540. The minimum Gasteiger partial charge on any atom is -0.463 e. The highest BCUT2D eigenvalue weighted by atomic mass is 32.1. The Kier molecular flexibility index (Phi) is 4.34. The van der Waals surface area contributed by atoms with E-state index in [2.05, 4.69) is 4.98 Å². The van der Waals surface area contributed by atoms with Crippen LogP contribution in [0.15, 0.2) is 52.3 Å². The van der Waals surface area contributed by atoms with Gasteiger partial charge in [0.25, 0.3) is 0 Å². The summed E-state index contributed by atoms with van der Waals surface area (Å²) in [6.07, 6.45) is 2.31. The van der Waals surface area contributed by atoms with E-state index < -0.39 is 5.97 Å². The number of oxazole rings is 1. The van der Waals surface area contributed by atoms with Crippen molar-refractivity contribution in [2.75, 3.05) is 6.61 Å². The van der Waals surface area contributed by atoms with Crippen LogP contribution >= 0.6 is 11.3 Å². The van der Waals surface area contributed by atoms with Crippen molar-refractivity contribution in [1.82, 2.24) is 4.98 Å². The van der Waals surface area contributed by atoms with Crippen molar-refractivity contribution in [3.05, 3.63) is 53.4 Å². The lowest BCUT2D eigenvalue weighted by Gasteiger charge is -1.96. The van der Waals surface area contributed by atoms with Crippen LogP contribution in [0.4, 0.5) is 0 Å². The number of esters is 1. The van der Waals surface area contributed by atoms with Crippen molar-refractivity contribution >= 4 is 34.2 Å². The quantitative estimate of drug-likeness (QED) is 0.404. The molecule has 6 heteroatoms. The second kappa shape index (κ2) is 6.58. The van der Waals surface area contributed by atoms with E-state index in [0.29, 0.717) is 22.6 Å². The highest BCUT2D eigenvalue weighted by Crippen LogP contribution is 2.28. The van der Waals surface area contributed by atoms with Crippen molar-refractivity contribution in [1.29, 1.82) is 0 Å². The lowest BCUT2D eigenvalue weighted by atomic mass is 10.1. The first-order valence-electron chi connectivity index (χ1n) is 7.01. The molecule has 116 valence electrons. The van der Waals surface area contributed by atoms with E-state index in [1.807, 2.05) is 17.5 Å². The zero-order valence-electron chi connectivity index (χ0n) is 12.3. The fourth-order valence-electron chi connectivity index (χ4n) is 2.01. The van der Waals surface area contributed by atoms with Crippen LogP contribution in [0.5, 0.6) is 0 Å².